The lowest BCUT2D eigenvalue weighted by Crippen LogP contribution is -2.62. The molecule has 52 heavy (non-hydrogen) atoms. The molecule has 0 bridgehead atoms. The summed E-state index contributed by atoms with van der Waals surface area (Å²) < 4.78 is 39.1. The summed E-state index contributed by atoms with van der Waals surface area (Å²) in [6, 6.07) is 28.8. The van der Waals surface area contributed by atoms with Crippen molar-refractivity contribution in [1.82, 2.24) is 5.32 Å². The number of carbonyl (C=O) groups is 1. The van der Waals surface area contributed by atoms with Crippen LogP contribution in [0.4, 0.5) is 0 Å². The normalized spacial score (nSPS) is 24.0. The summed E-state index contributed by atoms with van der Waals surface area (Å²) in [6.45, 7) is 5.07. The Balaban J connectivity index is 1.43. The van der Waals surface area contributed by atoms with Crippen LogP contribution in [0.25, 0.3) is 0 Å². The van der Waals surface area contributed by atoms with Gasteiger partial charge < -0.3 is 44.0 Å². The standard InChI is InChI=1S/C42H57NO9/c1-3-37(45)43-34(38(46)35(44)24-30-16-14-15-17-30)28-51-42-41(50-27-33-22-12-7-13-23-33)40(49-26-32-20-10-6-11-21-32)39(36(52-42)29-47-4-2)48-25-31-18-8-5-9-19-31/h5-13,18-23,30,34-36,38-42,44,46H,3-4,14-17,24-29H2,1-2H3,(H,43,45)/t34-,35+,36?,38-,39?,40?,41?,42?/m0/s1. The number of carbonyl (C=O) groups excluding carboxylic acids is 1. The molecule has 3 N–H and O–H groups in total. The summed E-state index contributed by atoms with van der Waals surface area (Å²) in [5.41, 5.74) is 2.94. The van der Waals surface area contributed by atoms with Crippen LogP contribution in [-0.4, -0.2) is 84.9 Å². The van der Waals surface area contributed by atoms with Crippen molar-refractivity contribution < 1.29 is 43.4 Å². The second-order valence-electron chi connectivity index (χ2n) is 13.8. The first-order chi connectivity index (χ1) is 25.4. The molecule has 1 aliphatic heterocycles. The van der Waals surface area contributed by atoms with E-state index in [4.69, 9.17) is 28.4 Å². The molecule has 5 rings (SSSR count). The molecular formula is C42H57NO9. The number of hydrogen-bond donors (Lipinski definition) is 3. The van der Waals surface area contributed by atoms with Gasteiger partial charge in [0.2, 0.25) is 5.91 Å². The number of ether oxygens (including phenoxy) is 6. The highest BCUT2D eigenvalue weighted by atomic mass is 16.7. The SMILES string of the molecule is CCOCC1OC(OC[C@H](NC(=O)CC)[C@H](O)[C@H](O)CC2CCCC2)C(OCc2ccccc2)C(OCc2ccccc2)C1OCc1ccccc1. The molecule has 2 aliphatic rings. The fraction of sp³-hybridized carbons (Fsp3) is 0.548. The fourth-order valence-corrected chi connectivity index (χ4v) is 6.98. The average Bonchev–Trinajstić information content (AvgIpc) is 3.70. The maximum absolute atomic E-state index is 12.7. The molecule has 2 fully saturated rings. The third-order valence-electron chi connectivity index (χ3n) is 9.90. The summed E-state index contributed by atoms with van der Waals surface area (Å²) in [6.07, 6.45) is -0.918. The maximum Gasteiger partial charge on any atom is 0.220 e. The molecule has 0 aromatic heterocycles. The molecule has 10 heteroatoms. The molecule has 3 aromatic carbocycles. The molecule has 1 aliphatic carbocycles. The second-order valence-corrected chi connectivity index (χ2v) is 13.8. The van der Waals surface area contributed by atoms with E-state index >= 15 is 0 Å². The van der Waals surface area contributed by atoms with Crippen molar-refractivity contribution in [3.05, 3.63) is 108 Å². The van der Waals surface area contributed by atoms with Gasteiger partial charge in [-0.3, -0.25) is 4.79 Å². The van der Waals surface area contributed by atoms with E-state index in [0.717, 1.165) is 42.4 Å². The highest BCUT2D eigenvalue weighted by molar-refractivity contribution is 5.75. The Morgan fingerprint density at radius 2 is 1.27 bits per heavy atom. The number of aliphatic hydroxyl groups is 2. The average molecular weight is 720 g/mol. The number of hydrogen-bond acceptors (Lipinski definition) is 9. The van der Waals surface area contributed by atoms with Gasteiger partial charge in [-0.2, -0.15) is 0 Å². The number of benzene rings is 3. The Bertz CT molecular complexity index is 1410. The molecule has 8 atom stereocenters. The number of nitrogens with one attached hydrogen (secondary N) is 1. The van der Waals surface area contributed by atoms with Crippen molar-refractivity contribution in [2.24, 2.45) is 5.92 Å². The Labute approximate surface area is 308 Å². The zero-order valence-corrected chi connectivity index (χ0v) is 30.6. The van der Waals surface area contributed by atoms with Gasteiger partial charge in [-0.25, -0.2) is 0 Å². The Kier molecular flexibility index (Phi) is 16.5. The molecule has 284 valence electrons. The van der Waals surface area contributed by atoms with Crippen molar-refractivity contribution in [2.45, 2.75) is 121 Å². The first-order valence-corrected chi connectivity index (χ1v) is 18.9. The van der Waals surface area contributed by atoms with E-state index in [-0.39, 0.29) is 38.8 Å². The van der Waals surface area contributed by atoms with E-state index in [2.05, 4.69) is 5.32 Å². The Hall–Kier alpha value is -3.19. The van der Waals surface area contributed by atoms with Gasteiger partial charge >= 0.3 is 0 Å². The van der Waals surface area contributed by atoms with Gasteiger partial charge in [0.05, 0.1) is 45.2 Å². The van der Waals surface area contributed by atoms with Crippen LogP contribution in [0.5, 0.6) is 0 Å². The fourth-order valence-electron chi connectivity index (χ4n) is 6.98. The van der Waals surface area contributed by atoms with Gasteiger partial charge in [0.25, 0.3) is 0 Å². The lowest BCUT2D eigenvalue weighted by atomic mass is 9.94. The first kappa shape index (κ1) is 40.0. The van der Waals surface area contributed by atoms with E-state index in [1.54, 1.807) is 6.92 Å². The van der Waals surface area contributed by atoms with Crippen LogP contribution in [0.15, 0.2) is 91.0 Å². The van der Waals surface area contributed by atoms with E-state index in [9.17, 15) is 15.0 Å². The lowest BCUT2D eigenvalue weighted by molar-refractivity contribution is -0.329. The van der Waals surface area contributed by atoms with Gasteiger partial charge in [0, 0.05) is 13.0 Å². The highest BCUT2D eigenvalue weighted by Gasteiger charge is 2.49. The predicted molar refractivity (Wildman–Crippen MR) is 197 cm³/mol. The topological polar surface area (TPSA) is 125 Å². The van der Waals surface area contributed by atoms with Gasteiger partial charge in [-0.15, -0.1) is 0 Å². The van der Waals surface area contributed by atoms with Crippen molar-refractivity contribution in [3.63, 3.8) is 0 Å². The van der Waals surface area contributed by atoms with Crippen molar-refractivity contribution in [2.75, 3.05) is 19.8 Å². The second kappa shape index (κ2) is 21.5. The summed E-state index contributed by atoms with van der Waals surface area (Å²) in [4.78, 5) is 12.7. The van der Waals surface area contributed by atoms with Crippen LogP contribution < -0.4 is 5.32 Å². The Morgan fingerprint density at radius 3 is 1.79 bits per heavy atom. The minimum absolute atomic E-state index is 0.132. The van der Waals surface area contributed by atoms with Crippen LogP contribution in [0.1, 0.15) is 69.1 Å². The molecule has 1 saturated carbocycles. The van der Waals surface area contributed by atoms with E-state index in [1.165, 1.54) is 0 Å². The number of amides is 1. The summed E-state index contributed by atoms with van der Waals surface area (Å²) in [7, 11) is 0. The highest BCUT2D eigenvalue weighted by Crippen LogP contribution is 2.33. The predicted octanol–water partition coefficient (Wildman–Crippen LogP) is 5.72. The molecular weight excluding hydrogens is 662 g/mol. The number of aliphatic hydroxyl groups excluding tert-OH is 2. The number of rotatable bonds is 21. The Morgan fingerprint density at radius 1 is 0.750 bits per heavy atom. The molecule has 0 radical (unpaired) electrons. The van der Waals surface area contributed by atoms with E-state index < -0.39 is 49.0 Å². The van der Waals surface area contributed by atoms with Gasteiger partial charge in [-0.05, 0) is 36.0 Å². The molecule has 3 aromatic rings. The minimum Gasteiger partial charge on any atom is -0.390 e. The van der Waals surface area contributed by atoms with Crippen LogP contribution in [0.3, 0.4) is 0 Å². The first-order valence-electron chi connectivity index (χ1n) is 18.9. The zero-order chi connectivity index (χ0) is 36.5. The molecule has 10 nitrogen and oxygen atoms in total. The third kappa shape index (κ3) is 12.2. The summed E-state index contributed by atoms with van der Waals surface area (Å²) in [5, 5.41) is 25.4. The van der Waals surface area contributed by atoms with Crippen LogP contribution >= 0.6 is 0 Å². The van der Waals surface area contributed by atoms with E-state index in [0.29, 0.717) is 25.6 Å². The summed E-state index contributed by atoms with van der Waals surface area (Å²) in [5.74, 6) is 0.0926. The smallest absolute Gasteiger partial charge is 0.220 e. The quantitative estimate of drug-likeness (QED) is 0.127. The maximum atomic E-state index is 12.7. The largest absolute Gasteiger partial charge is 0.390 e. The molecule has 5 unspecified atom stereocenters. The van der Waals surface area contributed by atoms with Crippen molar-refractivity contribution >= 4 is 5.91 Å². The van der Waals surface area contributed by atoms with Crippen LogP contribution in [0.2, 0.25) is 0 Å². The lowest BCUT2D eigenvalue weighted by Gasteiger charge is -2.46. The van der Waals surface area contributed by atoms with Gasteiger partial charge in [0.1, 0.15) is 30.5 Å². The van der Waals surface area contributed by atoms with Crippen molar-refractivity contribution in [3.8, 4) is 0 Å². The minimum atomic E-state index is -1.24. The van der Waals surface area contributed by atoms with Crippen LogP contribution in [0, 0.1) is 5.92 Å². The monoisotopic (exact) mass is 719 g/mol. The third-order valence-corrected chi connectivity index (χ3v) is 9.90. The van der Waals surface area contributed by atoms with E-state index in [1.807, 2.05) is 97.9 Å². The molecule has 0 spiro atoms. The molecule has 1 heterocycles. The molecule has 1 saturated heterocycles. The molecule has 1 amide bonds. The van der Waals surface area contributed by atoms with Crippen molar-refractivity contribution in [1.29, 1.82) is 0 Å². The van der Waals surface area contributed by atoms with Gasteiger partial charge in [-0.1, -0.05) is 124 Å². The zero-order valence-electron chi connectivity index (χ0n) is 30.6. The van der Waals surface area contributed by atoms with Gasteiger partial charge in [0.15, 0.2) is 6.29 Å². The summed E-state index contributed by atoms with van der Waals surface area (Å²) >= 11 is 0. The van der Waals surface area contributed by atoms with Crippen LogP contribution in [-0.2, 0) is 53.0 Å².